The van der Waals surface area contributed by atoms with E-state index in [4.69, 9.17) is 10.8 Å². The van der Waals surface area contributed by atoms with E-state index in [-0.39, 0.29) is 12.3 Å². The van der Waals surface area contributed by atoms with Crippen molar-refractivity contribution in [2.24, 2.45) is 5.73 Å². The number of carbonyl (C=O) groups excluding carboxylic acids is 1. The molecule has 1 amide bonds. The van der Waals surface area contributed by atoms with Crippen molar-refractivity contribution in [1.29, 1.82) is 0 Å². The van der Waals surface area contributed by atoms with Crippen molar-refractivity contribution in [2.75, 3.05) is 10.6 Å². The smallest absolute Gasteiger partial charge is 0.307 e. The van der Waals surface area contributed by atoms with E-state index in [9.17, 15) is 14.0 Å². The summed E-state index contributed by atoms with van der Waals surface area (Å²) in [7, 11) is 0. The predicted molar refractivity (Wildman–Crippen MR) is 127 cm³/mol. The van der Waals surface area contributed by atoms with Gasteiger partial charge in [-0.15, -0.1) is 0 Å². The molecule has 0 spiro atoms. The van der Waals surface area contributed by atoms with E-state index in [1.54, 1.807) is 30.3 Å². The van der Waals surface area contributed by atoms with E-state index in [0.29, 0.717) is 33.6 Å². The molecule has 6 nitrogen and oxygen atoms in total. The number of aliphatic carboxylic acids is 1. The molecule has 0 atom stereocenters. The van der Waals surface area contributed by atoms with Gasteiger partial charge in [-0.05, 0) is 60.9 Å². The zero-order chi connectivity index (χ0) is 23.8. The van der Waals surface area contributed by atoms with E-state index < -0.39 is 17.3 Å². The molecule has 0 saturated heterocycles. The Kier molecular flexibility index (Phi) is 5.74. The summed E-state index contributed by atoms with van der Waals surface area (Å²) in [6.45, 7) is 3.81. The third-order valence-electron chi connectivity index (χ3n) is 5.45. The van der Waals surface area contributed by atoms with Gasteiger partial charge in [-0.25, -0.2) is 4.39 Å². The number of fused-ring (bicyclic) bond motifs is 1. The molecular weight excluding hydrogens is 421 g/mol. The second-order valence-corrected chi connectivity index (χ2v) is 8.59. The highest BCUT2D eigenvalue weighted by molar-refractivity contribution is 6.37. The summed E-state index contributed by atoms with van der Waals surface area (Å²) in [6.07, 6.45) is -0.101. The molecule has 33 heavy (non-hydrogen) atoms. The highest BCUT2D eigenvalue weighted by Crippen LogP contribution is 2.38. The average molecular weight is 445 g/mol. The minimum atomic E-state index is -0.924. The molecule has 7 heteroatoms. The van der Waals surface area contributed by atoms with Crippen molar-refractivity contribution in [3.63, 3.8) is 0 Å². The van der Waals surface area contributed by atoms with Crippen molar-refractivity contribution in [2.45, 2.75) is 25.8 Å². The van der Waals surface area contributed by atoms with E-state index in [2.05, 4.69) is 10.6 Å². The first-order chi connectivity index (χ1) is 15.6. The van der Waals surface area contributed by atoms with Gasteiger partial charge in [0.1, 0.15) is 5.82 Å². The maximum Gasteiger partial charge on any atom is 0.307 e. The number of amides is 1. The lowest BCUT2D eigenvalue weighted by molar-refractivity contribution is -0.136. The predicted octanol–water partition coefficient (Wildman–Crippen LogP) is 4.58. The van der Waals surface area contributed by atoms with Crippen LogP contribution in [0.4, 0.5) is 15.8 Å². The fourth-order valence-electron chi connectivity index (χ4n) is 3.78. The van der Waals surface area contributed by atoms with Crippen molar-refractivity contribution in [1.82, 2.24) is 0 Å². The largest absolute Gasteiger partial charge is 0.481 e. The third kappa shape index (κ3) is 4.78. The molecule has 4 rings (SSSR count). The van der Waals surface area contributed by atoms with Gasteiger partial charge >= 0.3 is 5.97 Å². The second kappa shape index (κ2) is 8.52. The number of nitrogens with two attached hydrogens (primary N) is 1. The van der Waals surface area contributed by atoms with Gasteiger partial charge in [0.2, 0.25) is 0 Å². The average Bonchev–Trinajstić information content (AvgIpc) is 3.06. The van der Waals surface area contributed by atoms with Crippen LogP contribution in [0, 0.1) is 5.82 Å². The molecule has 0 unspecified atom stereocenters. The van der Waals surface area contributed by atoms with Crippen LogP contribution in [0.1, 0.15) is 36.1 Å². The Labute approximate surface area is 190 Å². The number of hydrogen-bond donors (Lipinski definition) is 4. The lowest BCUT2D eigenvalue weighted by Crippen LogP contribution is -2.28. The van der Waals surface area contributed by atoms with Crippen LogP contribution < -0.4 is 16.4 Å². The molecule has 1 aliphatic heterocycles. The van der Waals surface area contributed by atoms with Crippen LogP contribution in [0.15, 0.2) is 66.7 Å². The van der Waals surface area contributed by atoms with Gasteiger partial charge < -0.3 is 21.5 Å². The third-order valence-corrected chi connectivity index (χ3v) is 5.45. The molecule has 3 aromatic rings. The topological polar surface area (TPSA) is 104 Å². The van der Waals surface area contributed by atoms with E-state index in [1.165, 1.54) is 12.1 Å². The molecule has 0 radical (unpaired) electrons. The summed E-state index contributed by atoms with van der Waals surface area (Å²) in [5.41, 5.74) is 10.5. The Morgan fingerprint density at radius 3 is 2.48 bits per heavy atom. The normalized spacial score (nSPS) is 14.5. The van der Waals surface area contributed by atoms with Gasteiger partial charge in [-0.3, -0.25) is 9.59 Å². The zero-order valence-electron chi connectivity index (χ0n) is 18.3. The first-order valence-electron chi connectivity index (χ1n) is 10.4. The van der Waals surface area contributed by atoms with Gasteiger partial charge in [-0.1, -0.05) is 36.4 Å². The monoisotopic (exact) mass is 445 g/mol. The molecule has 5 N–H and O–H groups in total. The Morgan fingerprint density at radius 2 is 1.82 bits per heavy atom. The molecular formula is C26H24FN3O3. The summed E-state index contributed by atoms with van der Waals surface area (Å²) in [4.78, 5) is 24.0. The van der Waals surface area contributed by atoms with Crippen LogP contribution in [0.5, 0.6) is 0 Å². The summed E-state index contributed by atoms with van der Waals surface area (Å²) in [5, 5.41) is 15.1. The lowest BCUT2D eigenvalue weighted by atomic mass is 9.95. The number of halogens is 1. The Balaban J connectivity index is 1.85. The minimum absolute atomic E-state index is 0.101. The van der Waals surface area contributed by atoms with E-state index in [1.807, 2.05) is 38.1 Å². The summed E-state index contributed by atoms with van der Waals surface area (Å²) < 4.78 is 13.7. The molecule has 168 valence electrons. The van der Waals surface area contributed by atoms with Crippen molar-refractivity contribution < 1.29 is 19.1 Å². The number of carboxylic acids is 1. The van der Waals surface area contributed by atoms with Crippen LogP contribution in [0.25, 0.3) is 11.3 Å². The summed E-state index contributed by atoms with van der Waals surface area (Å²) in [6, 6.07) is 18.7. The number of anilines is 2. The van der Waals surface area contributed by atoms with Crippen molar-refractivity contribution in [3.05, 3.63) is 94.8 Å². The van der Waals surface area contributed by atoms with Gasteiger partial charge in [0.15, 0.2) is 0 Å². The molecule has 3 aromatic carbocycles. The lowest BCUT2D eigenvalue weighted by Gasteiger charge is -2.21. The van der Waals surface area contributed by atoms with Gasteiger partial charge in [0.05, 0.1) is 23.4 Å². The highest BCUT2D eigenvalue weighted by Gasteiger charge is 2.29. The number of rotatable bonds is 6. The second-order valence-electron chi connectivity index (χ2n) is 8.59. The van der Waals surface area contributed by atoms with E-state index in [0.717, 1.165) is 11.3 Å². The van der Waals surface area contributed by atoms with Gasteiger partial charge in [0, 0.05) is 16.8 Å². The molecule has 1 aliphatic rings. The molecule has 0 aromatic heterocycles. The maximum absolute atomic E-state index is 13.7. The quantitative estimate of drug-likeness (QED) is 0.416. The SMILES string of the molecule is CC(C)(N)c1cccc(N/C(=C2\C(=O)Nc3cc(F)ccc32)c2ccc(CC(=O)O)cc2)c1. The molecule has 0 fully saturated rings. The van der Waals surface area contributed by atoms with Gasteiger partial charge in [0.25, 0.3) is 5.91 Å². The molecule has 1 heterocycles. The fraction of sp³-hybridized carbons (Fsp3) is 0.154. The number of carbonyl (C=O) groups is 2. The molecule has 0 aliphatic carbocycles. The maximum atomic E-state index is 13.7. The Bertz CT molecular complexity index is 1270. The summed E-state index contributed by atoms with van der Waals surface area (Å²) >= 11 is 0. The number of hydrogen-bond acceptors (Lipinski definition) is 4. The van der Waals surface area contributed by atoms with E-state index >= 15 is 0 Å². The zero-order valence-corrected chi connectivity index (χ0v) is 18.3. The minimum Gasteiger partial charge on any atom is -0.481 e. The first-order valence-corrected chi connectivity index (χ1v) is 10.4. The van der Waals surface area contributed by atoms with Crippen LogP contribution in [0.3, 0.4) is 0 Å². The van der Waals surface area contributed by atoms with Crippen molar-refractivity contribution in [3.8, 4) is 0 Å². The number of nitrogens with one attached hydrogen (secondary N) is 2. The van der Waals surface area contributed by atoms with Crippen molar-refractivity contribution >= 4 is 34.5 Å². The Hall–Kier alpha value is -3.97. The van der Waals surface area contributed by atoms with Crippen LogP contribution in [-0.2, 0) is 21.5 Å². The molecule has 0 bridgehead atoms. The van der Waals surface area contributed by atoms with Crippen LogP contribution in [0.2, 0.25) is 0 Å². The standard InChI is InChI=1S/C26H24FN3O3/c1-26(2,28)17-4-3-5-19(13-17)29-24(16-8-6-15(7-9-16)12-22(31)32)23-20-11-10-18(27)14-21(20)30-25(23)33/h3-11,13-14,29H,12,28H2,1-2H3,(H,30,33)(H,31,32)/b24-23-. The van der Waals surface area contributed by atoms with Crippen LogP contribution in [-0.4, -0.2) is 17.0 Å². The number of benzene rings is 3. The number of carboxylic acid groups (broad SMARTS) is 1. The first kappa shape index (κ1) is 22.2. The fourth-order valence-corrected chi connectivity index (χ4v) is 3.78. The summed E-state index contributed by atoms with van der Waals surface area (Å²) in [5.74, 6) is -1.73. The highest BCUT2D eigenvalue weighted by atomic mass is 19.1. The Morgan fingerprint density at radius 1 is 1.09 bits per heavy atom. The van der Waals surface area contributed by atoms with Gasteiger partial charge in [-0.2, -0.15) is 0 Å². The van der Waals surface area contributed by atoms with Crippen LogP contribution >= 0.6 is 0 Å². The molecule has 0 saturated carbocycles.